The topological polar surface area (TPSA) is 6.48 Å². The Balaban J connectivity index is 2.93. The van der Waals surface area contributed by atoms with Crippen molar-refractivity contribution < 1.29 is 17.9 Å². The Morgan fingerprint density at radius 2 is 1.00 bits per heavy atom. The van der Waals surface area contributed by atoms with E-state index in [-0.39, 0.29) is 0 Å². The van der Waals surface area contributed by atoms with Crippen molar-refractivity contribution in [2.24, 2.45) is 0 Å². The van der Waals surface area contributed by atoms with Gasteiger partial charge in [-0.25, -0.2) is 0 Å². The maximum atomic E-state index is 10.9. The molecule has 8 heavy (non-hydrogen) atoms. The van der Waals surface area contributed by atoms with Crippen LogP contribution in [0.3, 0.4) is 0 Å². The first-order chi connectivity index (χ1) is 3.63. The standard InChI is InChI=1S/C2H4F4N2/c3-7(4)1-2-8(5)6/h1-2H2. The SMILES string of the molecule is FN(F)CCN(F)F. The molecule has 0 fully saturated rings. The van der Waals surface area contributed by atoms with E-state index in [1.54, 1.807) is 0 Å². The van der Waals surface area contributed by atoms with E-state index in [1.807, 2.05) is 0 Å². The molecule has 0 saturated heterocycles. The van der Waals surface area contributed by atoms with Gasteiger partial charge in [0.05, 0.1) is 13.1 Å². The maximum absolute atomic E-state index is 10.9. The number of halogens is 4. The monoisotopic (exact) mass is 132 g/mol. The van der Waals surface area contributed by atoms with E-state index in [4.69, 9.17) is 0 Å². The summed E-state index contributed by atoms with van der Waals surface area (Å²) in [7, 11) is 0. The van der Waals surface area contributed by atoms with Gasteiger partial charge in [0.1, 0.15) is 0 Å². The summed E-state index contributed by atoms with van der Waals surface area (Å²) in [6.07, 6.45) is 0. The van der Waals surface area contributed by atoms with Crippen molar-refractivity contribution in [3.05, 3.63) is 0 Å². The van der Waals surface area contributed by atoms with Gasteiger partial charge in [-0.15, -0.1) is 17.9 Å². The van der Waals surface area contributed by atoms with Crippen molar-refractivity contribution in [3.8, 4) is 0 Å². The molecule has 0 bridgehead atoms. The number of hydrogen-bond acceptors (Lipinski definition) is 2. The lowest BCUT2D eigenvalue weighted by atomic mass is 10.7. The molecule has 0 spiro atoms. The lowest BCUT2D eigenvalue weighted by Gasteiger charge is -1.98. The minimum atomic E-state index is -1.30. The van der Waals surface area contributed by atoms with E-state index in [1.165, 1.54) is 0 Å². The molecule has 50 valence electrons. The molecular weight excluding hydrogens is 128 g/mol. The minimum absolute atomic E-state index is 0.938. The fourth-order valence-corrected chi connectivity index (χ4v) is 0.151. The highest BCUT2D eigenvalue weighted by atomic mass is 19.4. The van der Waals surface area contributed by atoms with Gasteiger partial charge in [-0.3, -0.25) is 0 Å². The summed E-state index contributed by atoms with van der Waals surface area (Å²) in [5.74, 6) is 0. The number of nitrogens with zero attached hydrogens (tertiary/aromatic N) is 2. The van der Waals surface area contributed by atoms with E-state index < -0.39 is 23.8 Å². The molecule has 0 heterocycles. The zero-order valence-electron chi connectivity index (χ0n) is 3.82. The highest BCUT2D eigenvalue weighted by molar-refractivity contribution is 4.30. The molecule has 2 nitrogen and oxygen atoms in total. The van der Waals surface area contributed by atoms with Gasteiger partial charge in [0.25, 0.3) is 0 Å². The van der Waals surface area contributed by atoms with E-state index in [0.717, 1.165) is 0 Å². The van der Waals surface area contributed by atoms with Gasteiger partial charge in [0, 0.05) is 10.7 Å². The van der Waals surface area contributed by atoms with Crippen LogP contribution in [0.1, 0.15) is 0 Å². The molecule has 6 heteroatoms. The van der Waals surface area contributed by atoms with Crippen LogP contribution in [0.5, 0.6) is 0 Å². The molecule has 0 radical (unpaired) electrons. The van der Waals surface area contributed by atoms with Crippen LogP contribution >= 0.6 is 0 Å². The molecule has 0 amide bonds. The summed E-state index contributed by atoms with van der Waals surface area (Å²) in [6.45, 7) is -1.88. The Bertz CT molecular complexity index is 48.0. The first-order valence-corrected chi connectivity index (χ1v) is 1.81. The average molecular weight is 132 g/mol. The molecule has 0 aliphatic carbocycles. The summed E-state index contributed by atoms with van der Waals surface area (Å²) >= 11 is 0. The van der Waals surface area contributed by atoms with Crippen molar-refractivity contribution in [2.75, 3.05) is 13.1 Å². The smallest absolute Gasteiger partial charge is 0.0801 e. The Kier molecular flexibility index (Phi) is 3.46. The Morgan fingerprint density at radius 3 is 1.12 bits per heavy atom. The third-order valence-electron chi connectivity index (χ3n) is 0.438. The third-order valence-corrected chi connectivity index (χ3v) is 0.438. The molecule has 0 aliphatic rings. The van der Waals surface area contributed by atoms with Crippen LogP contribution in [0, 0.1) is 0 Å². The van der Waals surface area contributed by atoms with Gasteiger partial charge in [-0.1, -0.05) is 0 Å². The Morgan fingerprint density at radius 1 is 0.750 bits per heavy atom. The van der Waals surface area contributed by atoms with Crippen LogP contribution in [0.2, 0.25) is 0 Å². The first-order valence-electron chi connectivity index (χ1n) is 1.81. The first kappa shape index (κ1) is 7.64. The van der Waals surface area contributed by atoms with Gasteiger partial charge in [0.2, 0.25) is 0 Å². The van der Waals surface area contributed by atoms with Crippen LogP contribution < -0.4 is 0 Å². The van der Waals surface area contributed by atoms with E-state index in [9.17, 15) is 17.9 Å². The molecule has 0 aliphatic heterocycles. The molecule has 0 aromatic heterocycles. The molecule has 0 saturated carbocycles. The van der Waals surface area contributed by atoms with Crippen molar-refractivity contribution in [1.82, 2.24) is 10.7 Å². The maximum Gasteiger partial charge on any atom is 0.0801 e. The van der Waals surface area contributed by atoms with Crippen LogP contribution in [0.4, 0.5) is 17.9 Å². The van der Waals surface area contributed by atoms with E-state index >= 15 is 0 Å². The highest BCUT2D eigenvalue weighted by Crippen LogP contribution is 1.92. The molecule has 0 atom stereocenters. The van der Waals surface area contributed by atoms with E-state index in [2.05, 4.69) is 0 Å². The summed E-state index contributed by atoms with van der Waals surface area (Å²) in [5.41, 5.74) is 0. The summed E-state index contributed by atoms with van der Waals surface area (Å²) in [5, 5.41) is -2.60. The molecule has 0 aromatic carbocycles. The Labute approximate surface area is 43.0 Å². The predicted octanol–water partition coefficient (Wildman–Crippen LogP) is 1.13. The van der Waals surface area contributed by atoms with Crippen molar-refractivity contribution in [3.63, 3.8) is 0 Å². The summed E-state index contributed by atoms with van der Waals surface area (Å²) < 4.78 is 43.5. The molecular formula is C2H4F4N2. The fraction of sp³-hybridized carbons (Fsp3) is 1.00. The molecule has 0 aromatic rings. The van der Waals surface area contributed by atoms with Gasteiger partial charge >= 0.3 is 0 Å². The normalized spacial score (nSPS) is 11.2. The summed E-state index contributed by atoms with van der Waals surface area (Å²) in [6, 6.07) is 0. The average Bonchev–Trinajstić information content (AvgIpc) is 1.61. The van der Waals surface area contributed by atoms with Crippen molar-refractivity contribution >= 4 is 0 Å². The van der Waals surface area contributed by atoms with Crippen LogP contribution in [-0.2, 0) is 0 Å². The second-order valence-corrected chi connectivity index (χ2v) is 1.05. The van der Waals surface area contributed by atoms with Gasteiger partial charge < -0.3 is 0 Å². The lowest BCUT2D eigenvalue weighted by Crippen LogP contribution is -2.15. The zero-order chi connectivity index (χ0) is 6.57. The quantitative estimate of drug-likeness (QED) is 0.419. The highest BCUT2D eigenvalue weighted by Gasteiger charge is 2.03. The van der Waals surface area contributed by atoms with Gasteiger partial charge in [0.15, 0.2) is 0 Å². The van der Waals surface area contributed by atoms with E-state index in [0.29, 0.717) is 0 Å². The minimum Gasteiger partial charge on any atom is -0.101 e. The van der Waals surface area contributed by atoms with Crippen LogP contribution in [-0.4, -0.2) is 23.8 Å². The number of hydrogen-bond donors (Lipinski definition) is 0. The largest absolute Gasteiger partial charge is 0.101 e. The second kappa shape index (κ2) is 3.62. The molecule has 0 unspecified atom stereocenters. The molecule has 0 N–H and O–H groups in total. The van der Waals surface area contributed by atoms with Crippen LogP contribution in [0.25, 0.3) is 0 Å². The van der Waals surface area contributed by atoms with Crippen molar-refractivity contribution in [1.29, 1.82) is 0 Å². The fourth-order valence-electron chi connectivity index (χ4n) is 0.151. The lowest BCUT2D eigenvalue weighted by molar-refractivity contribution is -0.200. The van der Waals surface area contributed by atoms with Gasteiger partial charge in [-0.05, 0) is 0 Å². The third kappa shape index (κ3) is 5.64. The summed E-state index contributed by atoms with van der Waals surface area (Å²) in [4.78, 5) is 0. The van der Waals surface area contributed by atoms with Gasteiger partial charge in [-0.2, -0.15) is 0 Å². The zero-order valence-corrected chi connectivity index (χ0v) is 3.82. The number of rotatable bonds is 3. The second-order valence-electron chi connectivity index (χ2n) is 1.05. The predicted molar refractivity (Wildman–Crippen MR) is 17.8 cm³/mol. The van der Waals surface area contributed by atoms with Crippen molar-refractivity contribution in [2.45, 2.75) is 0 Å². The molecule has 0 rings (SSSR count). The van der Waals surface area contributed by atoms with Crippen LogP contribution in [0.15, 0.2) is 0 Å². The Hall–Kier alpha value is -0.360.